The lowest BCUT2D eigenvalue weighted by Crippen LogP contribution is -2.39. The van der Waals surface area contributed by atoms with Gasteiger partial charge < -0.3 is 10.0 Å². The van der Waals surface area contributed by atoms with Crippen molar-refractivity contribution in [2.45, 2.75) is 39.0 Å². The normalized spacial score (nSPS) is 17.4. The second-order valence-corrected chi connectivity index (χ2v) is 7.21. The van der Waals surface area contributed by atoms with Gasteiger partial charge in [-0.05, 0) is 43.4 Å². The maximum absolute atomic E-state index is 12.8. The molecule has 0 spiro atoms. The number of rotatable bonds is 6. The van der Waals surface area contributed by atoms with Crippen molar-refractivity contribution in [2.24, 2.45) is 5.92 Å². The summed E-state index contributed by atoms with van der Waals surface area (Å²) in [6, 6.07) is 4.68. The van der Waals surface area contributed by atoms with Gasteiger partial charge in [0.1, 0.15) is 0 Å². The minimum absolute atomic E-state index is 0.0953. The summed E-state index contributed by atoms with van der Waals surface area (Å²) >= 11 is 0. The van der Waals surface area contributed by atoms with Gasteiger partial charge >= 0.3 is 5.97 Å². The molecule has 0 bridgehead atoms. The number of imide groups is 1. The van der Waals surface area contributed by atoms with E-state index in [0.29, 0.717) is 49.2 Å². The first kappa shape index (κ1) is 19.1. The number of piperidine rings is 1. The van der Waals surface area contributed by atoms with Gasteiger partial charge in [-0.3, -0.25) is 24.1 Å². The van der Waals surface area contributed by atoms with E-state index >= 15 is 0 Å². The van der Waals surface area contributed by atoms with E-state index in [4.69, 9.17) is 5.11 Å². The second-order valence-electron chi connectivity index (χ2n) is 7.21. The Bertz CT molecular complexity index is 781. The lowest BCUT2D eigenvalue weighted by atomic mass is 9.93. The standard InChI is InChI=1S/C20H24N2O5/c1-2-3-8-22-19(26)15-5-4-14(12-16(15)20(22)27)18(25)21-9-6-13(7-10-21)11-17(23)24/h4-5,12-13H,2-3,6-11H2,1H3,(H,23,24). The van der Waals surface area contributed by atoms with Crippen LogP contribution < -0.4 is 0 Å². The molecule has 0 aliphatic carbocycles. The van der Waals surface area contributed by atoms with E-state index < -0.39 is 5.97 Å². The smallest absolute Gasteiger partial charge is 0.303 e. The summed E-state index contributed by atoms with van der Waals surface area (Å²) in [6.45, 7) is 3.39. The van der Waals surface area contributed by atoms with Crippen molar-refractivity contribution in [1.82, 2.24) is 9.80 Å². The van der Waals surface area contributed by atoms with Crippen LogP contribution in [-0.4, -0.2) is 58.2 Å². The van der Waals surface area contributed by atoms with Gasteiger partial charge in [0.05, 0.1) is 11.1 Å². The fourth-order valence-corrected chi connectivity index (χ4v) is 3.71. The molecule has 1 fully saturated rings. The molecule has 0 unspecified atom stereocenters. The van der Waals surface area contributed by atoms with E-state index in [1.165, 1.54) is 11.0 Å². The van der Waals surface area contributed by atoms with E-state index in [9.17, 15) is 19.2 Å². The van der Waals surface area contributed by atoms with Crippen LogP contribution in [0.5, 0.6) is 0 Å². The highest BCUT2D eigenvalue weighted by Gasteiger charge is 2.36. The van der Waals surface area contributed by atoms with E-state index in [-0.39, 0.29) is 30.1 Å². The van der Waals surface area contributed by atoms with Gasteiger partial charge in [-0.1, -0.05) is 13.3 Å². The lowest BCUT2D eigenvalue weighted by Gasteiger charge is -2.31. The third-order valence-corrected chi connectivity index (χ3v) is 5.32. The highest BCUT2D eigenvalue weighted by Crippen LogP contribution is 2.26. The molecule has 2 aliphatic heterocycles. The molecule has 1 saturated heterocycles. The van der Waals surface area contributed by atoms with Crippen LogP contribution in [0, 0.1) is 5.92 Å². The summed E-state index contributed by atoms with van der Waals surface area (Å²) in [7, 11) is 0. The number of carboxylic acid groups (broad SMARTS) is 1. The highest BCUT2D eigenvalue weighted by atomic mass is 16.4. The number of carbonyl (C=O) groups is 4. The molecule has 1 N–H and O–H groups in total. The molecule has 3 rings (SSSR count). The van der Waals surface area contributed by atoms with Gasteiger partial charge in [0.25, 0.3) is 17.7 Å². The molecule has 0 aromatic heterocycles. The summed E-state index contributed by atoms with van der Waals surface area (Å²) in [5.74, 6) is -1.53. The number of hydrogen-bond acceptors (Lipinski definition) is 4. The Hall–Kier alpha value is -2.70. The van der Waals surface area contributed by atoms with E-state index in [1.807, 2.05) is 6.92 Å². The van der Waals surface area contributed by atoms with Crippen LogP contribution in [-0.2, 0) is 4.79 Å². The average molecular weight is 372 g/mol. The maximum Gasteiger partial charge on any atom is 0.303 e. The molecule has 0 saturated carbocycles. The molecule has 0 radical (unpaired) electrons. The van der Waals surface area contributed by atoms with Gasteiger partial charge in [0.2, 0.25) is 0 Å². The molecule has 2 heterocycles. The van der Waals surface area contributed by atoms with Crippen molar-refractivity contribution in [2.75, 3.05) is 19.6 Å². The van der Waals surface area contributed by atoms with Crippen LogP contribution in [0.1, 0.15) is 70.1 Å². The predicted molar refractivity (Wildman–Crippen MR) is 97.6 cm³/mol. The average Bonchev–Trinajstić information content (AvgIpc) is 2.89. The summed E-state index contributed by atoms with van der Waals surface area (Å²) < 4.78 is 0. The number of nitrogens with zero attached hydrogens (tertiary/aromatic N) is 2. The minimum atomic E-state index is -0.811. The zero-order chi connectivity index (χ0) is 19.6. The molecule has 144 valence electrons. The topological polar surface area (TPSA) is 95.0 Å². The van der Waals surface area contributed by atoms with E-state index in [0.717, 1.165) is 12.8 Å². The summed E-state index contributed by atoms with van der Waals surface area (Å²) in [5.41, 5.74) is 1.04. The van der Waals surface area contributed by atoms with Crippen molar-refractivity contribution < 1.29 is 24.3 Å². The van der Waals surface area contributed by atoms with Crippen LogP contribution in [0.15, 0.2) is 18.2 Å². The van der Waals surface area contributed by atoms with Gasteiger partial charge in [-0.25, -0.2) is 0 Å². The monoisotopic (exact) mass is 372 g/mol. The van der Waals surface area contributed by atoms with Gasteiger partial charge in [-0.15, -0.1) is 0 Å². The number of likely N-dealkylation sites (tertiary alicyclic amines) is 1. The van der Waals surface area contributed by atoms with Crippen LogP contribution in [0.3, 0.4) is 0 Å². The van der Waals surface area contributed by atoms with Gasteiger partial charge in [-0.2, -0.15) is 0 Å². The second kappa shape index (κ2) is 7.90. The van der Waals surface area contributed by atoms with Crippen molar-refractivity contribution in [3.05, 3.63) is 34.9 Å². The zero-order valence-electron chi connectivity index (χ0n) is 15.4. The summed E-state index contributed by atoms with van der Waals surface area (Å²) in [5, 5.41) is 8.89. The number of carbonyl (C=O) groups excluding carboxylic acids is 3. The Morgan fingerprint density at radius 3 is 2.41 bits per heavy atom. The third-order valence-electron chi connectivity index (χ3n) is 5.32. The first-order valence-corrected chi connectivity index (χ1v) is 9.43. The van der Waals surface area contributed by atoms with Crippen molar-refractivity contribution in [3.63, 3.8) is 0 Å². The molecular formula is C20H24N2O5. The van der Waals surface area contributed by atoms with Crippen molar-refractivity contribution in [1.29, 1.82) is 0 Å². The fraction of sp³-hybridized carbons (Fsp3) is 0.500. The van der Waals surface area contributed by atoms with Crippen molar-refractivity contribution >= 4 is 23.7 Å². The Labute approximate surface area is 157 Å². The number of hydrogen-bond donors (Lipinski definition) is 1. The maximum atomic E-state index is 12.8. The Morgan fingerprint density at radius 2 is 1.78 bits per heavy atom. The first-order chi connectivity index (χ1) is 12.9. The third kappa shape index (κ3) is 3.86. The Balaban J connectivity index is 1.70. The number of amides is 3. The number of fused-ring (bicyclic) bond motifs is 1. The first-order valence-electron chi connectivity index (χ1n) is 9.43. The van der Waals surface area contributed by atoms with Gasteiger partial charge in [0, 0.05) is 31.6 Å². The van der Waals surface area contributed by atoms with Crippen LogP contribution >= 0.6 is 0 Å². The number of benzene rings is 1. The molecule has 7 nitrogen and oxygen atoms in total. The number of aliphatic carboxylic acids is 1. The highest BCUT2D eigenvalue weighted by molar-refractivity contribution is 6.22. The largest absolute Gasteiger partial charge is 0.481 e. The lowest BCUT2D eigenvalue weighted by molar-refractivity contribution is -0.138. The van der Waals surface area contributed by atoms with Crippen molar-refractivity contribution in [3.8, 4) is 0 Å². The van der Waals surface area contributed by atoms with Crippen LogP contribution in [0.2, 0.25) is 0 Å². The Kier molecular flexibility index (Phi) is 5.58. The summed E-state index contributed by atoms with van der Waals surface area (Å²) in [4.78, 5) is 51.4. The fourth-order valence-electron chi connectivity index (χ4n) is 3.71. The molecule has 27 heavy (non-hydrogen) atoms. The van der Waals surface area contributed by atoms with E-state index in [1.54, 1.807) is 17.0 Å². The molecule has 1 aromatic rings. The molecule has 1 aromatic carbocycles. The summed E-state index contributed by atoms with van der Waals surface area (Å²) in [6.07, 6.45) is 3.08. The molecule has 2 aliphatic rings. The number of unbranched alkanes of at least 4 members (excludes halogenated alkanes) is 1. The SMILES string of the molecule is CCCCN1C(=O)c2ccc(C(=O)N3CCC(CC(=O)O)CC3)cc2C1=O. The quantitative estimate of drug-likeness (QED) is 0.774. The van der Waals surface area contributed by atoms with E-state index in [2.05, 4.69) is 0 Å². The molecule has 3 amide bonds. The molecule has 0 atom stereocenters. The van der Waals surface area contributed by atoms with Crippen LogP contribution in [0.4, 0.5) is 0 Å². The predicted octanol–water partition coefficient (Wildman–Crippen LogP) is 2.41. The number of carboxylic acids is 1. The molecular weight excluding hydrogens is 348 g/mol. The van der Waals surface area contributed by atoms with Gasteiger partial charge in [0.15, 0.2) is 0 Å². The molecule has 7 heteroatoms. The zero-order valence-corrected chi connectivity index (χ0v) is 15.4. The van der Waals surface area contributed by atoms with Crippen LogP contribution in [0.25, 0.3) is 0 Å². The Morgan fingerprint density at radius 1 is 1.11 bits per heavy atom. The minimum Gasteiger partial charge on any atom is -0.481 e.